The van der Waals surface area contributed by atoms with E-state index in [1.807, 2.05) is 60.7 Å². The van der Waals surface area contributed by atoms with Crippen LogP contribution in [0.15, 0.2) is 77.3 Å². The quantitative estimate of drug-likeness (QED) is 0.367. The summed E-state index contributed by atoms with van der Waals surface area (Å²) >= 11 is 10.8. The Morgan fingerprint density at radius 2 is 1.34 bits per heavy atom. The van der Waals surface area contributed by atoms with E-state index in [2.05, 4.69) is 15.9 Å². The van der Waals surface area contributed by atoms with Crippen LogP contribution < -0.4 is 4.90 Å². The van der Waals surface area contributed by atoms with Crippen LogP contribution in [0.4, 0.5) is 5.69 Å². The Kier molecular flexibility index (Phi) is 3.49. The molecule has 2 amide bonds. The SMILES string of the molecule is O=C1[C@@H]2C3c4ccccc4C(Cl)(c4ccccc43)[C@H]2C(=O)N1c1ccc(Br)cc1. The van der Waals surface area contributed by atoms with E-state index in [-0.39, 0.29) is 17.7 Å². The molecule has 5 heteroatoms. The van der Waals surface area contributed by atoms with Gasteiger partial charge in [0.15, 0.2) is 0 Å². The van der Waals surface area contributed by atoms with Crippen molar-refractivity contribution in [3.8, 4) is 0 Å². The average molecular weight is 465 g/mol. The fourth-order valence-corrected chi connectivity index (χ4v) is 6.36. The highest BCUT2D eigenvalue weighted by Crippen LogP contribution is 2.65. The van der Waals surface area contributed by atoms with E-state index in [0.29, 0.717) is 5.69 Å². The molecular formula is C24H15BrClNO2. The van der Waals surface area contributed by atoms with Gasteiger partial charge in [-0.1, -0.05) is 64.5 Å². The summed E-state index contributed by atoms with van der Waals surface area (Å²) in [6.45, 7) is 0. The number of alkyl halides is 1. The number of carbonyl (C=O) groups excluding carboxylic acids is 2. The molecule has 3 aromatic carbocycles. The van der Waals surface area contributed by atoms with Gasteiger partial charge in [0.2, 0.25) is 11.8 Å². The fourth-order valence-electron chi connectivity index (χ4n) is 5.52. The van der Waals surface area contributed by atoms with Gasteiger partial charge in [-0.3, -0.25) is 9.59 Å². The molecule has 142 valence electrons. The van der Waals surface area contributed by atoms with Crippen LogP contribution in [0.5, 0.6) is 0 Å². The second-order valence-electron chi connectivity index (χ2n) is 7.86. The molecule has 0 N–H and O–H groups in total. The second-order valence-corrected chi connectivity index (χ2v) is 9.37. The average Bonchev–Trinajstić information content (AvgIpc) is 3.01. The van der Waals surface area contributed by atoms with Crippen LogP contribution in [-0.2, 0) is 14.5 Å². The molecule has 29 heavy (non-hydrogen) atoms. The van der Waals surface area contributed by atoms with Crippen molar-refractivity contribution < 1.29 is 9.59 Å². The van der Waals surface area contributed by atoms with E-state index in [9.17, 15) is 9.59 Å². The van der Waals surface area contributed by atoms with Crippen LogP contribution in [-0.4, -0.2) is 11.8 Å². The monoisotopic (exact) mass is 463 g/mol. The molecule has 1 heterocycles. The number of anilines is 1. The van der Waals surface area contributed by atoms with Crippen LogP contribution in [0.25, 0.3) is 0 Å². The summed E-state index contributed by atoms with van der Waals surface area (Å²) < 4.78 is 0.895. The molecular weight excluding hydrogens is 450 g/mol. The lowest BCUT2D eigenvalue weighted by molar-refractivity contribution is -0.122. The third-order valence-electron chi connectivity index (χ3n) is 6.60. The van der Waals surface area contributed by atoms with Crippen molar-refractivity contribution >= 4 is 45.0 Å². The van der Waals surface area contributed by atoms with Crippen LogP contribution in [0.2, 0.25) is 0 Å². The first kappa shape index (κ1) is 17.4. The normalized spacial score (nSPS) is 28.9. The van der Waals surface area contributed by atoms with Gasteiger partial charge in [-0.05, 0) is 46.5 Å². The number of halogens is 2. The van der Waals surface area contributed by atoms with Gasteiger partial charge in [-0.15, -0.1) is 11.6 Å². The summed E-state index contributed by atoms with van der Waals surface area (Å²) in [7, 11) is 0. The van der Waals surface area contributed by atoms with Crippen LogP contribution in [0.3, 0.4) is 0 Å². The number of benzene rings is 3. The maximum atomic E-state index is 13.7. The van der Waals surface area contributed by atoms with Crippen LogP contribution in [0, 0.1) is 11.8 Å². The van der Waals surface area contributed by atoms with Crippen molar-refractivity contribution in [3.63, 3.8) is 0 Å². The minimum Gasteiger partial charge on any atom is -0.274 e. The molecule has 0 aromatic heterocycles. The lowest BCUT2D eigenvalue weighted by Crippen LogP contribution is -2.50. The van der Waals surface area contributed by atoms with E-state index in [1.165, 1.54) is 4.90 Å². The van der Waals surface area contributed by atoms with Gasteiger partial charge in [-0.2, -0.15) is 0 Å². The predicted molar refractivity (Wildman–Crippen MR) is 115 cm³/mol. The molecule has 1 aliphatic heterocycles. The highest BCUT2D eigenvalue weighted by Gasteiger charge is 2.67. The molecule has 3 aliphatic carbocycles. The summed E-state index contributed by atoms with van der Waals surface area (Å²) in [5.74, 6) is -1.65. The second kappa shape index (κ2) is 5.80. The van der Waals surface area contributed by atoms with Crippen LogP contribution >= 0.6 is 27.5 Å². The Hall–Kier alpha value is -2.43. The standard InChI is InChI=1S/C24H15BrClNO2/c25-13-9-11-14(12-10-13)27-22(28)20-19-15-5-1-3-7-17(15)24(26,21(20)23(27)29)18-8-4-2-6-16(18)19/h1-12,19-21H/t19?,20-,21-,24?/m1/s1. The van der Waals surface area contributed by atoms with E-state index >= 15 is 0 Å². The molecule has 1 saturated heterocycles. The van der Waals surface area contributed by atoms with E-state index in [4.69, 9.17) is 11.6 Å². The van der Waals surface area contributed by atoms with E-state index in [0.717, 1.165) is 26.7 Å². The lowest BCUT2D eigenvalue weighted by Gasteiger charge is -2.50. The van der Waals surface area contributed by atoms with Gasteiger partial charge in [-0.25, -0.2) is 4.90 Å². The summed E-state index contributed by atoms with van der Waals surface area (Å²) in [6, 6.07) is 23.2. The number of carbonyl (C=O) groups is 2. The number of hydrogen-bond acceptors (Lipinski definition) is 2. The van der Waals surface area contributed by atoms with Crippen molar-refractivity contribution in [2.45, 2.75) is 10.8 Å². The number of hydrogen-bond donors (Lipinski definition) is 0. The predicted octanol–water partition coefficient (Wildman–Crippen LogP) is 5.20. The molecule has 7 rings (SSSR count). The maximum absolute atomic E-state index is 13.7. The highest BCUT2D eigenvalue weighted by molar-refractivity contribution is 9.10. The van der Waals surface area contributed by atoms with E-state index < -0.39 is 16.7 Å². The van der Waals surface area contributed by atoms with Crippen molar-refractivity contribution in [2.24, 2.45) is 11.8 Å². The zero-order valence-electron chi connectivity index (χ0n) is 15.2. The first-order chi connectivity index (χ1) is 14.0. The molecule has 2 atom stereocenters. The smallest absolute Gasteiger partial charge is 0.240 e. The van der Waals surface area contributed by atoms with Gasteiger partial charge in [0, 0.05) is 10.4 Å². The number of rotatable bonds is 1. The van der Waals surface area contributed by atoms with Crippen molar-refractivity contribution in [2.75, 3.05) is 4.90 Å². The minimum atomic E-state index is -1.04. The van der Waals surface area contributed by atoms with Crippen molar-refractivity contribution in [1.29, 1.82) is 0 Å². The molecule has 2 bridgehead atoms. The van der Waals surface area contributed by atoms with Gasteiger partial charge >= 0.3 is 0 Å². The first-order valence-corrected chi connectivity index (χ1v) is 10.7. The Morgan fingerprint density at radius 3 is 1.93 bits per heavy atom. The fraction of sp³-hybridized carbons (Fsp3) is 0.167. The number of imide groups is 1. The molecule has 4 aliphatic rings. The molecule has 0 saturated carbocycles. The Balaban J connectivity index is 1.61. The summed E-state index contributed by atoms with van der Waals surface area (Å²) in [6.07, 6.45) is 0. The van der Waals surface area contributed by atoms with Crippen molar-refractivity contribution in [3.05, 3.63) is 99.5 Å². The third kappa shape index (κ3) is 2.03. The van der Waals surface area contributed by atoms with E-state index in [1.54, 1.807) is 12.1 Å². The minimum absolute atomic E-state index is 0.162. The Labute approximate surface area is 181 Å². The zero-order valence-corrected chi connectivity index (χ0v) is 17.5. The van der Waals surface area contributed by atoms with Gasteiger partial charge in [0.1, 0.15) is 4.87 Å². The Bertz CT molecular complexity index is 1160. The largest absolute Gasteiger partial charge is 0.274 e. The molecule has 3 nitrogen and oxygen atoms in total. The van der Waals surface area contributed by atoms with Gasteiger partial charge in [0.25, 0.3) is 0 Å². The number of nitrogens with zero attached hydrogens (tertiary/aromatic N) is 1. The topological polar surface area (TPSA) is 37.4 Å². The van der Waals surface area contributed by atoms with Crippen LogP contribution in [0.1, 0.15) is 28.2 Å². The molecule has 1 fully saturated rings. The van der Waals surface area contributed by atoms with Crippen molar-refractivity contribution in [1.82, 2.24) is 0 Å². The van der Waals surface area contributed by atoms with Gasteiger partial charge in [0.05, 0.1) is 17.5 Å². The Morgan fingerprint density at radius 1 is 0.793 bits per heavy atom. The zero-order chi connectivity index (χ0) is 19.9. The maximum Gasteiger partial charge on any atom is 0.240 e. The summed E-state index contributed by atoms with van der Waals surface area (Å²) in [5.41, 5.74) is 4.60. The number of amides is 2. The molecule has 0 unspecified atom stereocenters. The molecule has 0 spiro atoms. The third-order valence-corrected chi connectivity index (χ3v) is 7.77. The first-order valence-electron chi connectivity index (χ1n) is 9.54. The molecule has 3 aromatic rings. The van der Waals surface area contributed by atoms with Gasteiger partial charge < -0.3 is 0 Å². The molecule has 0 radical (unpaired) electrons. The summed E-state index contributed by atoms with van der Waals surface area (Å²) in [5, 5.41) is 0. The lowest BCUT2D eigenvalue weighted by atomic mass is 9.54. The summed E-state index contributed by atoms with van der Waals surface area (Å²) in [4.78, 5) is 27.6. The highest BCUT2D eigenvalue weighted by atomic mass is 79.9.